The molecule has 5 nitrogen and oxygen atoms in total. The molecule has 1 heterocycles. The average Bonchev–Trinajstić information content (AvgIpc) is 2.55. The second-order valence-electron chi connectivity index (χ2n) is 7.92. The Kier molecular flexibility index (Phi) is 5.58. The van der Waals surface area contributed by atoms with E-state index < -0.39 is 19.2 Å². The first kappa shape index (κ1) is 19.8. The van der Waals surface area contributed by atoms with Gasteiger partial charge in [-0.3, -0.25) is 10.1 Å². The topological polar surface area (TPSA) is 58.6 Å². The van der Waals surface area contributed by atoms with Crippen molar-refractivity contribution in [3.05, 3.63) is 35.9 Å². The van der Waals surface area contributed by atoms with Gasteiger partial charge in [-0.15, -0.1) is 11.8 Å². The predicted octanol–water partition coefficient (Wildman–Crippen LogP) is 3.82. The molecule has 1 aliphatic rings. The number of carbonyl (C=O) groups excluding carboxylic acids is 2. The van der Waals surface area contributed by atoms with Gasteiger partial charge in [0.25, 0.3) is 5.91 Å². The lowest BCUT2D eigenvalue weighted by Crippen LogP contribution is -2.79. The van der Waals surface area contributed by atoms with E-state index in [4.69, 9.17) is 4.74 Å². The summed E-state index contributed by atoms with van der Waals surface area (Å²) in [6, 6.07) is 9.49. The van der Waals surface area contributed by atoms with Crippen molar-refractivity contribution in [3.8, 4) is 0 Å². The van der Waals surface area contributed by atoms with Gasteiger partial charge in [-0.2, -0.15) is 0 Å². The zero-order chi connectivity index (χ0) is 18.9. The van der Waals surface area contributed by atoms with Crippen LogP contribution in [0.4, 0.5) is 4.79 Å². The number of hydrogen-bond donors (Lipinski definition) is 1. The normalized spacial score (nSPS) is 20.9. The molecule has 7 heteroatoms. The van der Waals surface area contributed by atoms with Crippen LogP contribution >= 0.6 is 11.8 Å². The molecule has 1 aliphatic heterocycles. The third-order valence-electron chi connectivity index (χ3n) is 5.35. The molecule has 0 spiro atoms. The van der Waals surface area contributed by atoms with E-state index >= 15 is 0 Å². The van der Waals surface area contributed by atoms with Crippen LogP contribution in [0.3, 0.4) is 0 Å². The first-order valence-electron chi connectivity index (χ1n) is 8.39. The number of nitrogens with one attached hydrogen (secondary N) is 1. The van der Waals surface area contributed by atoms with Gasteiger partial charge in [0.2, 0.25) is 0 Å². The number of benzene rings is 1. The van der Waals surface area contributed by atoms with Gasteiger partial charge in [0.05, 0.1) is 6.54 Å². The maximum Gasteiger partial charge on any atom is 0.409 e. The average molecular weight is 381 g/mol. The quantitative estimate of drug-likeness (QED) is 0.479. The van der Waals surface area contributed by atoms with Gasteiger partial charge in [0, 0.05) is 0 Å². The summed E-state index contributed by atoms with van der Waals surface area (Å²) in [6.07, 6.45) is 1.29. The molecule has 1 saturated heterocycles. The Morgan fingerprint density at radius 3 is 2.40 bits per heavy atom. The van der Waals surface area contributed by atoms with Gasteiger partial charge in [-0.05, 0) is 16.9 Å². The predicted molar refractivity (Wildman–Crippen MR) is 105 cm³/mol. The van der Waals surface area contributed by atoms with Gasteiger partial charge in [0.15, 0.2) is 13.1 Å². The Hall–Kier alpha value is -1.47. The van der Waals surface area contributed by atoms with Crippen LogP contribution in [0.15, 0.2) is 30.3 Å². The number of amides is 2. The number of alkyl carbamates (subject to hydrolysis) is 1. The molecule has 0 aliphatic carbocycles. The van der Waals surface area contributed by atoms with Crippen LogP contribution in [0.25, 0.3) is 0 Å². The highest BCUT2D eigenvalue weighted by molar-refractivity contribution is 8.00. The maximum atomic E-state index is 12.9. The van der Waals surface area contributed by atoms with Gasteiger partial charge in [0.1, 0.15) is 6.61 Å². The molecule has 1 atom stereocenters. The van der Waals surface area contributed by atoms with E-state index in [-0.39, 0.29) is 17.6 Å². The summed E-state index contributed by atoms with van der Waals surface area (Å²) < 4.78 is 7.25. The van der Waals surface area contributed by atoms with Gasteiger partial charge >= 0.3 is 6.09 Å². The van der Waals surface area contributed by atoms with E-state index in [0.717, 1.165) is 5.56 Å². The number of carbonyl (C=O) groups is 2. The maximum absolute atomic E-state index is 12.9. The van der Waals surface area contributed by atoms with Crippen molar-refractivity contribution in [1.29, 1.82) is 0 Å². The fourth-order valence-corrected chi connectivity index (χ4v) is 5.63. The Morgan fingerprint density at radius 1 is 1.32 bits per heavy atom. The number of ether oxygens (including phenoxy) is 1. The van der Waals surface area contributed by atoms with Crippen molar-refractivity contribution >= 4 is 32.0 Å². The smallest absolute Gasteiger partial charge is 0.409 e. The van der Waals surface area contributed by atoms with Crippen LogP contribution in [0.2, 0.25) is 18.1 Å². The molecule has 0 aromatic heterocycles. The van der Waals surface area contributed by atoms with Crippen LogP contribution in [0.5, 0.6) is 0 Å². The number of thioether (sulfide) groups is 1. The molecule has 0 radical (unpaired) electrons. The number of nitrogens with zero attached hydrogens (tertiary/aromatic N) is 1. The van der Waals surface area contributed by atoms with Crippen molar-refractivity contribution in [1.82, 2.24) is 9.88 Å². The SMILES string of the molecule is CS[C@@]1(NC(=O)OCc2ccccc2)CN([Si](C)(C)C(C)(C)C)C1=O. The Balaban J connectivity index is 1.98. The van der Waals surface area contributed by atoms with Gasteiger partial charge in [-0.25, -0.2) is 4.79 Å². The fourth-order valence-electron chi connectivity index (χ4n) is 2.57. The van der Waals surface area contributed by atoms with Crippen molar-refractivity contribution in [2.45, 2.75) is 50.4 Å². The number of rotatable bonds is 5. The van der Waals surface area contributed by atoms with E-state index in [1.807, 2.05) is 41.2 Å². The molecule has 138 valence electrons. The van der Waals surface area contributed by atoms with E-state index in [1.54, 1.807) is 0 Å². The highest BCUT2D eigenvalue weighted by atomic mass is 32.2. The van der Waals surface area contributed by atoms with E-state index in [1.165, 1.54) is 11.8 Å². The van der Waals surface area contributed by atoms with Crippen molar-refractivity contribution < 1.29 is 14.3 Å². The summed E-state index contributed by atoms with van der Waals surface area (Å²) in [5.41, 5.74) is 0.915. The molecule has 2 rings (SSSR count). The van der Waals surface area contributed by atoms with Gasteiger partial charge in [-0.1, -0.05) is 64.2 Å². The summed E-state index contributed by atoms with van der Waals surface area (Å²) >= 11 is 1.37. The standard InChI is InChI=1S/C18H28N2O3SSi/c1-17(2,3)25(5,6)20-13-18(24-4,15(20)21)19-16(22)23-12-14-10-8-7-9-11-14/h7-11H,12-13H2,1-6H3,(H,19,22)/t18-/m0/s1. The largest absolute Gasteiger partial charge is 0.445 e. The van der Waals surface area contributed by atoms with Crippen LogP contribution in [0, 0.1) is 0 Å². The molecule has 0 bridgehead atoms. The lowest BCUT2D eigenvalue weighted by Gasteiger charge is -2.57. The minimum absolute atomic E-state index is 0.0109. The molecule has 1 fully saturated rings. The molecule has 1 N–H and O–H groups in total. The molecule has 2 amide bonds. The van der Waals surface area contributed by atoms with Crippen LogP contribution < -0.4 is 5.32 Å². The van der Waals surface area contributed by atoms with E-state index in [9.17, 15) is 9.59 Å². The first-order chi connectivity index (χ1) is 11.5. The van der Waals surface area contributed by atoms with Crippen molar-refractivity contribution in [2.24, 2.45) is 0 Å². The van der Waals surface area contributed by atoms with E-state index in [2.05, 4.69) is 39.2 Å². The van der Waals surface area contributed by atoms with Gasteiger partial charge < -0.3 is 9.30 Å². The zero-order valence-corrected chi connectivity index (χ0v) is 17.7. The highest BCUT2D eigenvalue weighted by Crippen LogP contribution is 2.45. The number of β-lactam (4-membered cyclic amide) rings is 1. The molecule has 25 heavy (non-hydrogen) atoms. The molecular weight excluding hydrogens is 352 g/mol. The molecule has 0 saturated carbocycles. The molecular formula is C18H28N2O3SSi. The Bertz CT molecular complexity index is 645. The fraction of sp³-hybridized carbons (Fsp3) is 0.556. The monoisotopic (exact) mass is 380 g/mol. The van der Waals surface area contributed by atoms with Crippen LogP contribution in [0.1, 0.15) is 26.3 Å². The van der Waals surface area contributed by atoms with Crippen LogP contribution in [-0.4, -0.2) is 42.5 Å². The summed E-state index contributed by atoms with van der Waals surface area (Å²) in [5, 5.41) is 2.86. The van der Waals surface area contributed by atoms with Crippen molar-refractivity contribution in [3.63, 3.8) is 0 Å². The minimum atomic E-state index is -1.93. The molecule has 1 aromatic rings. The number of hydrogen-bond acceptors (Lipinski definition) is 4. The Labute approximate surface area is 155 Å². The van der Waals surface area contributed by atoms with E-state index in [0.29, 0.717) is 6.54 Å². The van der Waals surface area contributed by atoms with Crippen LogP contribution in [-0.2, 0) is 16.1 Å². The second kappa shape index (κ2) is 7.03. The van der Waals surface area contributed by atoms with Crippen molar-refractivity contribution in [2.75, 3.05) is 12.8 Å². The summed E-state index contributed by atoms with van der Waals surface area (Å²) in [7, 11) is -1.93. The second-order valence-corrected chi connectivity index (χ2v) is 14.2. The lowest BCUT2D eigenvalue weighted by atomic mass is 10.1. The summed E-state index contributed by atoms with van der Waals surface area (Å²) in [4.78, 5) is 24.2. The molecule has 0 unspecified atom stereocenters. The zero-order valence-electron chi connectivity index (χ0n) is 15.9. The third-order valence-corrected chi connectivity index (χ3v) is 11.8. The summed E-state index contributed by atoms with van der Waals surface area (Å²) in [5.74, 6) is -0.0109. The third kappa shape index (κ3) is 3.87. The molecule has 1 aromatic carbocycles. The minimum Gasteiger partial charge on any atom is -0.445 e. The first-order valence-corrected chi connectivity index (χ1v) is 12.6. The Morgan fingerprint density at radius 2 is 1.92 bits per heavy atom. The highest BCUT2D eigenvalue weighted by Gasteiger charge is 2.60. The summed E-state index contributed by atoms with van der Waals surface area (Å²) in [6.45, 7) is 11.6. The lowest BCUT2D eigenvalue weighted by molar-refractivity contribution is -0.139.